The molecule has 0 aromatic heterocycles. The number of hydrogen-bond donors (Lipinski definition) is 1. The van der Waals surface area contributed by atoms with Gasteiger partial charge in [-0.2, -0.15) is 0 Å². The topological polar surface area (TPSA) is 69.4 Å². The molecule has 0 spiro atoms. The van der Waals surface area contributed by atoms with Crippen molar-refractivity contribution in [1.82, 2.24) is 0 Å². The van der Waals surface area contributed by atoms with Gasteiger partial charge in [0.1, 0.15) is 5.75 Å². The molecule has 1 fully saturated rings. The first-order valence-electron chi connectivity index (χ1n) is 6.21. The van der Waals surface area contributed by atoms with Gasteiger partial charge >= 0.3 is 0 Å². The van der Waals surface area contributed by atoms with Crippen LogP contribution in [0.3, 0.4) is 0 Å². The van der Waals surface area contributed by atoms with Gasteiger partial charge in [-0.3, -0.25) is 0 Å². The van der Waals surface area contributed by atoms with E-state index in [1.54, 1.807) is 13.2 Å². The SMILES string of the molecule is COc1cc(C(N)CC2CCS(=O)(=O)C2)ccc1Cl. The lowest BCUT2D eigenvalue weighted by Crippen LogP contribution is -2.16. The lowest BCUT2D eigenvalue weighted by molar-refractivity contribution is 0.412. The third-order valence-corrected chi connectivity index (χ3v) is 5.67. The maximum absolute atomic E-state index is 11.4. The molecule has 1 aliphatic rings. The second-order valence-electron chi connectivity index (χ2n) is 5.01. The van der Waals surface area contributed by atoms with Crippen molar-refractivity contribution in [3.63, 3.8) is 0 Å². The van der Waals surface area contributed by atoms with Crippen LogP contribution in [0.5, 0.6) is 5.75 Å². The van der Waals surface area contributed by atoms with Crippen LogP contribution in [0.2, 0.25) is 5.02 Å². The predicted octanol–water partition coefficient (Wildman–Crippen LogP) is 2.17. The fourth-order valence-electron chi connectivity index (χ4n) is 2.46. The van der Waals surface area contributed by atoms with E-state index in [1.165, 1.54) is 0 Å². The third kappa shape index (κ3) is 3.61. The van der Waals surface area contributed by atoms with Crippen molar-refractivity contribution in [2.24, 2.45) is 11.7 Å². The molecule has 1 aliphatic heterocycles. The Morgan fingerprint density at radius 1 is 1.53 bits per heavy atom. The summed E-state index contributed by atoms with van der Waals surface area (Å²) in [5, 5.41) is 0.543. The molecule has 19 heavy (non-hydrogen) atoms. The van der Waals surface area contributed by atoms with Crippen LogP contribution in [0, 0.1) is 5.92 Å². The first kappa shape index (κ1) is 14.6. The summed E-state index contributed by atoms with van der Waals surface area (Å²) in [5.41, 5.74) is 7.07. The second-order valence-corrected chi connectivity index (χ2v) is 7.64. The van der Waals surface area contributed by atoms with E-state index < -0.39 is 9.84 Å². The molecule has 2 N–H and O–H groups in total. The molecule has 1 heterocycles. The molecule has 1 saturated heterocycles. The largest absolute Gasteiger partial charge is 0.495 e. The highest BCUT2D eigenvalue weighted by Gasteiger charge is 2.29. The highest BCUT2D eigenvalue weighted by molar-refractivity contribution is 7.91. The molecule has 4 nitrogen and oxygen atoms in total. The summed E-state index contributed by atoms with van der Waals surface area (Å²) in [6.07, 6.45) is 1.38. The van der Waals surface area contributed by atoms with Gasteiger partial charge in [0.05, 0.1) is 23.6 Å². The Balaban J connectivity index is 2.06. The number of methoxy groups -OCH3 is 1. The van der Waals surface area contributed by atoms with Gasteiger partial charge in [-0.05, 0) is 36.5 Å². The number of hydrogen-bond acceptors (Lipinski definition) is 4. The smallest absolute Gasteiger partial charge is 0.150 e. The zero-order valence-electron chi connectivity index (χ0n) is 10.8. The Labute approximate surface area is 118 Å². The highest BCUT2D eigenvalue weighted by atomic mass is 35.5. The first-order chi connectivity index (χ1) is 8.91. The molecule has 106 valence electrons. The van der Waals surface area contributed by atoms with Gasteiger partial charge < -0.3 is 10.5 Å². The number of halogens is 1. The van der Waals surface area contributed by atoms with E-state index in [-0.39, 0.29) is 23.5 Å². The average Bonchev–Trinajstić information content (AvgIpc) is 2.69. The van der Waals surface area contributed by atoms with Crippen molar-refractivity contribution in [2.75, 3.05) is 18.6 Å². The molecule has 0 aliphatic carbocycles. The molecule has 6 heteroatoms. The minimum atomic E-state index is -2.84. The van der Waals surface area contributed by atoms with Crippen LogP contribution in [0.1, 0.15) is 24.4 Å². The van der Waals surface area contributed by atoms with Crippen LogP contribution >= 0.6 is 11.6 Å². The summed E-state index contributed by atoms with van der Waals surface area (Å²) in [4.78, 5) is 0. The predicted molar refractivity (Wildman–Crippen MR) is 76.3 cm³/mol. The summed E-state index contributed by atoms with van der Waals surface area (Å²) >= 11 is 5.96. The van der Waals surface area contributed by atoms with Gasteiger partial charge in [0, 0.05) is 6.04 Å². The van der Waals surface area contributed by atoms with Crippen molar-refractivity contribution in [3.8, 4) is 5.75 Å². The Hall–Kier alpha value is -0.780. The maximum Gasteiger partial charge on any atom is 0.150 e. The number of nitrogens with two attached hydrogens (primary N) is 1. The van der Waals surface area contributed by atoms with E-state index in [4.69, 9.17) is 22.1 Å². The molecule has 2 atom stereocenters. The molecule has 2 unspecified atom stereocenters. The molecule has 0 radical (unpaired) electrons. The van der Waals surface area contributed by atoms with Gasteiger partial charge in [0.15, 0.2) is 9.84 Å². The zero-order valence-corrected chi connectivity index (χ0v) is 12.4. The van der Waals surface area contributed by atoms with Crippen molar-refractivity contribution < 1.29 is 13.2 Å². The Morgan fingerprint density at radius 2 is 2.26 bits per heavy atom. The minimum Gasteiger partial charge on any atom is -0.495 e. The minimum absolute atomic E-state index is 0.154. The van der Waals surface area contributed by atoms with Gasteiger partial charge in [-0.1, -0.05) is 17.7 Å². The number of benzene rings is 1. The van der Waals surface area contributed by atoms with Gasteiger partial charge in [-0.25, -0.2) is 8.42 Å². The Morgan fingerprint density at radius 3 is 2.84 bits per heavy atom. The number of rotatable bonds is 4. The number of sulfone groups is 1. The van der Waals surface area contributed by atoms with E-state index in [0.29, 0.717) is 23.6 Å². The van der Waals surface area contributed by atoms with E-state index in [9.17, 15) is 8.42 Å². The lowest BCUT2D eigenvalue weighted by atomic mass is 9.95. The van der Waals surface area contributed by atoms with Crippen molar-refractivity contribution in [3.05, 3.63) is 28.8 Å². The Bertz CT molecular complexity index is 559. The zero-order chi connectivity index (χ0) is 14.0. The number of ether oxygens (including phenoxy) is 1. The molecule has 0 amide bonds. The van der Waals surface area contributed by atoms with E-state index in [1.807, 2.05) is 12.1 Å². The van der Waals surface area contributed by atoms with Crippen LogP contribution in [0.25, 0.3) is 0 Å². The molecule has 1 aromatic rings. The molecule has 0 bridgehead atoms. The van der Waals surface area contributed by atoms with Crippen molar-refractivity contribution >= 4 is 21.4 Å². The summed E-state index contributed by atoms with van der Waals surface area (Å²) in [6.45, 7) is 0. The Kier molecular flexibility index (Phi) is 4.38. The van der Waals surface area contributed by atoms with Crippen LogP contribution < -0.4 is 10.5 Å². The maximum atomic E-state index is 11.4. The van der Waals surface area contributed by atoms with E-state index >= 15 is 0 Å². The monoisotopic (exact) mass is 303 g/mol. The summed E-state index contributed by atoms with van der Waals surface area (Å²) in [7, 11) is -1.29. The quantitative estimate of drug-likeness (QED) is 0.925. The fourth-order valence-corrected chi connectivity index (χ4v) is 4.53. The average molecular weight is 304 g/mol. The third-order valence-electron chi connectivity index (χ3n) is 3.52. The van der Waals surface area contributed by atoms with Crippen LogP contribution in [0.15, 0.2) is 18.2 Å². The summed E-state index contributed by atoms with van der Waals surface area (Å²) in [5.74, 6) is 1.29. The van der Waals surface area contributed by atoms with Gasteiger partial charge in [-0.15, -0.1) is 0 Å². The highest BCUT2D eigenvalue weighted by Crippen LogP contribution is 2.31. The van der Waals surface area contributed by atoms with E-state index in [2.05, 4.69) is 0 Å². The summed E-state index contributed by atoms with van der Waals surface area (Å²) in [6, 6.07) is 5.24. The first-order valence-corrected chi connectivity index (χ1v) is 8.40. The normalized spacial score (nSPS) is 23.2. The molecule has 0 saturated carbocycles. The van der Waals surface area contributed by atoms with Crippen molar-refractivity contribution in [2.45, 2.75) is 18.9 Å². The molecule has 2 rings (SSSR count). The summed E-state index contributed by atoms with van der Waals surface area (Å²) < 4.78 is 28.0. The second kappa shape index (κ2) is 5.69. The van der Waals surface area contributed by atoms with Gasteiger partial charge in [0.2, 0.25) is 0 Å². The van der Waals surface area contributed by atoms with Crippen molar-refractivity contribution in [1.29, 1.82) is 0 Å². The lowest BCUT2D eigenvalue weighted by Gasteiger charge is -2.17. The van der Waals surface area contributed by atoms with Crippen LogP contribution in [-0.2, 0) is 9.84 Å². The molecular formula is C13H18ClNO3S. The fraction of sp³-hybridized carbons (Fsp3) is 0.538. The standard InChI is InChI=1S/C13H18ClNO3S/c1-18-13-7-10(2-3-11(13)14)12(15)6-9-4-5-19(16,17)8-9/h2-3,7,9,12H,4-6,8,15H2,1H3. The van der Waals surface area contributed by atoms with Crippen LogP contribution in [0.4, 0.5) is 0 Å². The van der Waals surface area contributed by atoms with E-state index in [0.717, 1.165) is 5.56 Å². The van der Waals surface area contributed by atoms with Gasteiger partial charge in [0.25, 0.3) is 0 Å². The molecule has 1 aromatic carbocycles. The van der Waals surface area contributed by atoms with Crippen LogP contribution in [-0.4, -0.2) is 27.0 Å². The molecular weight excluding hydrogens is 286 g/mol.